The van der Waals surface area contributed by atoms with Crippen LogP contribution in [-0.2, 0) is 0 Å². The van der Waals surface area contributed by atoms with Crippen LogP contribution in [0.25, 0.3) is 0 Å². The predicted molar refractivity (Wildman–Crippen MR) is 66.9 cm³/mol. The van der Waals surface area contributed by atoms with Gasteiger partial charge in [-0.2, -0.15) is 0 Å². The van der Waals surface area contributed by atoms with Gasteiger partial charge in [0.05, 0.1) is 0 Å². The van der Waals surface area contributed by atoms with Gasteiger partial charge in [-0.3, -0.25) is 9.69 Å². The number of carbonyl (C=O) groups excluding carboxylic acids is 1. The number of hydrogen-bond acceptors (Lipinski definition) is 6. The van der Waals surface area contributed by atoms with E-state index in [0.29, 0.717) is 16.2 Å². The molecule has 1 aromatic heterocycles. The van der Waals surface area contributed by atoms with Gasteiger partial charge in [0, 0.05) is 32.2 Å². The molecule has 0 saturated carbocycles. The Bertz CT molecular complexity index is 397. The van der Waals surface area contributed by atoms with Gasteiger partial charge in [-0.05, 0) is 13.8 Å². The maximum atomic E-state index is 12.0. The minimum atomic E-state index is -0.0531. The van der Waals surface area contributed by atoms with Gasteiger partial charge in [0.2, 0.25) is 10.1 Å². The molecule has 0 aliphatic carbocycles. The van der Waals surface area contributed by atoms with Gasteiger partial charge in [0.25, 0.3) is 5.91 Å². The monoisotopic (exact) mass is 255 g/mol. The Balaban J connectivity index is 1.95. The van der Waals surface area contributed by atoms with Crippen molar-refractivity contribution in [1.82, 2.24) is 20.0 Å². The molecule has 1 saturated heterocycles. The van der Waals surface area contributed by atoms with Crippen LogP contribution in [0.15, 0.2) is 0 Å². The van der Waals surface area contributed by atoms with Crippen LogP contribution in [-0.4, -0.2) is 58.1 Å². The molecule has 7 heteroatoms. The third kappa shape index (κ3) is 2.73. The van der Waals surface area contributed by atoms with Crippen LogP contribution in [0.4, 0.5) is 5.13 Å². The summed E-state index contributed by atoms with van der Waals surface area (Å²) in [5, 5.41) is 8.18. The summed E-state index contributed by atoms with van der Waals surface area (Å²) >= 11 is 1.15. The van der Waals surface area contributed by atoms with Gasteiger partial charge >= 0.3 is 0 Å². The Kier molecular flexibility index (Phi) is 3.58. The fourth-order valence-corrected chi connectivity index (χ4v) is 2.48. The van der Waals surface area contributed by atoms with Crippen molar-refractivity contribution >= 4 is 22.4 Å². The van der Waals surface area contributed by atoms with Crippen molar-refractivity contribution in [1.29, 1.82) is 0 Å². The molecule has 1 fully saturated rings. The van der Waals surface area contributed by atoms with Crippen molar-refractivity contribution in [3.05, 3.63) is 5.01 Å². The van der Waals surface area contributed by atoms with E-state index in [9.17, 15) is 4.79 Å². The molecule has 2 N–H and O–H groups in total. The third-order valence-corrected chi connectivity index (χ3v) is 3.70. The first-order chi connectivity index (χ1) is 8.08. The second kappa shape index (κ2) is 4.97. The van der Waals surface area contributed by atoms with Crippen molar-refractivity contribution in [2.45, 2.75) is 19.9 Å². The molecule has 0 bridgehead atoms. The van der Waals surface area contributed by atoms with Gasteiger partial charge in [-0.15, -0.1) is 10.2 Å². The number of amides is 1. The summed E-state index contributed by atoms with van der Waals surface area (Å²) < 4.78 is 0. The Morgan fingerprint density at radius 1 is 1.29 bits per heavy atom. The number of aromatic nitrogens is 2. The average Bonchev–Trinajstić information content (AvgIpc) is 2.75. The molecule has 0 unspecified atom stereocenters. The van der Waals surface area contributed by atoms with Crippen LogP contribution in [0.3, 0.4) is 0 Å². The molecule has 1 aromatic rings. The Morgan fingerprint density at radius 3 is 2.41 bits per heavy atom. The topological polar surface area (TPSA) is 75.3 Å². The Hall–Kier alpha value is -1.21. The number of nitrogens with zero attached hydrogens (tertiary/aromatic N) is 4. The zero-order valence-electron chi connectivity index (χ0n) is 10.1. The van der Waals surface area contributed by atoms with E-state index >= 15 is 0 Å². The summed E-state index contributed by atoms with van der Waals surface area (Å²) in [5.41, 5.74) is 5.47. The van der Waals surface area contributed by atoms with E-state index in [4.69, 9.17) is 5.73 Å². The number of hydrogen-bond donors (Lipinski definition) is 1. The van der Waals surface area contributed by atoms with E-state index in [2.05, 4.69) is 28.9 Å². The van der Waals surface area contributed by atoms with Crippen molar-refractivity contribution in [3.8, 4) is 0 Å². The zero-order valence-corrected chi connectivity index (χ0v) is 10.9. The molecule has 1 aliphatic heterocycles. The molecule has 1 amide bonds. The van der Waals surface area contributed by atoms with Crippen LogP contribution < -0.4 is 5.73 Å². The standard InChI is InChI=1S/C10H17N5OS/c1-7(2)14-3-5-15(6-4-14)9(16)8-12-13-10(11)17-8/h7H,3-6H2,1-2H3,(H2,11,13). The van der Waals surface area contributed by atoms with Crippen LogP contribution in [0, 0.1) is 0 Å². The highest BCUT2D eigenvalue weighted by atomic mass is 32.1. The number of anilines is 1. The van der Waals surface area contributed by atoms with E-state index in [0.717, 1.165) is 37.5 Å². The average molecular weight is 255 g/mol. The molecule has 17 heavy (non-hydrogen) atoms. The number of carbonyl (C=O) groups is 1. The molecule has 0 spiro atoms. The van der Waals surface area contributed by atoms with Gasteiger partial charge in [0.15, 0.2) is 0 Å². The second-order valence-electron chi connectivity index (χ2n) is 4.37. The molecule has 6 nitrogen and oxygen atoms in total. The first-order valence-electron chi connectivity index (χ1n) is 5.70. The molecule has 94 valence electrons. The van der Waals surface area contributed by atoms with Crippen LogP contribution in [0.1, 0.15) is 23.6 Å². The van der Waals surface area contributed by atoms with Gasteiger partial charge < -0.3 is 10.6 Å². The van der Waals surface area contributed by atoms with Crippen molar-refractivity contribution in [2.75, 3.05) is 31.9 Å². The summed E-state index contributed by atoms with van der Waals surface area (Å²) in [6.45, 7) is 7.66. The first-order valence-corrected chi connectivity index (χ1v) is 6.52. The van der Waals surface area contributed by atoms with E-state index < -0.39 is 0 Å². The molecular formula is C10H17N5OS. The summed E-state index contributed by atoms with van der Waals surface area (Å²) in [6, 6.07) is 0.532. The second-order valence-corrected chi connectivity index (χ2v) is 5.38. The maximum absolute atomic E-state index is 12.0. The summed E-state index contributed by atoms with van der Waals surface area (Å²) in [7, 11) is 0. The fourth-order valence-electron chi connectivity index (χ4n) is 1.90. The van der Waals surface area contributed by atoms with Gasteiger partial charge in [-0.1, -0.05) is 11.3 Å². The number of piperazine rings is 1. The van der Waals surface area contributed by atoms with Gasteiger partial charge in [-0.25, -0.2) is 0 Å². The van der Waals surface area contributed by atoms with E-state index in [-0.39, 0.29) is 5.91 Å². The Morgan fingerprint density at radius 2 is 1.94 bits per heavy atom. The zero-order chi connectivity index (χ0) is 12.4. The minimum Gasteiger partial charge on any atom is -0.374 e. The number of nitrogens with two attached hydrogens (primary N) is 1. The predicted octanol–water partition coefficient (Wildman–Crippen LogP) is 0.287. The highest BCUT2D eigenvalue weighted by molar-refractivity contribution is 7.16. The number of nitrogen functional groups attached to an aromatic ring is 1. The Labute approximate surface area is 104 Å². The lowest BCUT2D eigenvalue weighted by molar-refractivity contribution is 0.0594. The largest absolute Gasteiger partial charge is 0.374 e. The maximum Gasteiger partial charge on any atom is 0.284 e. The quantitative estimate of drug-likeness (QED) is 0.822. The van der Waals surface area contributed by atoms with E-state index in [1.807, 2.05) is 4.90 Å². The van der Waals surface area contributed by atoms with Crippen LogP contribution in [0.5, 0.6) is 0 Å². The summed E-state index contributed by atoms with van der Waals surface area (Å²) in [4.78, 5) is 16.2. The lowest BCUT2D eigenvalue weighted by Crippen LogP contribution is -2.50. The molecule has 0 aromatic carbocycles. The SMILES string of the molecule is CC(C)N1CCN(C(=O)c2nnc(N)s2)CC1. The van der Waals surface area contributed by atoms with E-state index in [1.54, 1.807) is 0 Å². The lowest BCUT2D eigenvalue weighted by Gasteiger charge is -2.36. The molecule has 1 aliphatic rings. The normalized spacial score (nSPS) is 17.7. The summed E-state index contributed by atoms with van der Waals surface area (Å²) in [6.07, 6.45) is 0. The highest BCUT2D eigenvalue weighted by Crippen LogP contribution is 2.15. The fraction of sp³-hybridized carbons (Fsp3) is 0.700. The van der Waals surface area contributed by atoms with Crippen LogP contribution >= 0.6 is 11.3 Å². The molecular weight excluding hydrogens is 238 g/mol. The van der Waals surface area contributed by atoms with Crippen molar-refractivity contribution in [3.63, 3.8) is 0 Å². The molecule has 2 heterocycles. The van der Waals surface area contributed by atoms with E-state index in [1.165, 1.54) is 0 Å². The highest BCUT2D eigenvalue weighted by Gasteiger charge is 2.25. The third-order valence-electron chi connectivity index (χ3n) is 2.96. The first kappa shape index (κ1) is 12.3. The number of rotatable bonds is 2. The van der Waals surface area contributed by atoms with Crippen LogP contribution in [0.2, 0.25) is 0 Å². The lowest BCUT2D eigenvalue weighted by atomic mass is 10.2. The minimum absolute atomic E-state index is 0.0531. The molecule has 0 atom stereocenters. The summed E-state index contributed by atoms with van der Waals surface area (Å²) in [5.74, 6) is -0.0531. The molecule has 2 rings (SSSR count). The van der Waals surface area contributed by atoms with Crippen molar-refractivity contribution in [2.24, 2.45) is 0 Å². The smallest absolute Gasteiger partial charge is 0.284 e. The van der Waals surface area contributed by atoms with Gasteiger partial charge in [0.1, 0.15) is 0 Å². The van der Waals surface area contributed by atoms with Crippen molar-refractivity contribution < 1.29 is 4.79 Å². The molecule has 0 radical (unpaired) electrons.